The van der Waals surface area contributed by atoms with Crippen molar-refractivity contribution in [2.45, 2.75) is 4.90 Å². The molecule has 4 nitrogen and oxygen atoms in total. The first kappa shape index (κ1) is 11.2. The molecule has 0 bridgehead atoms. The summed E-state index contributed by atoms with van der Waals surface area (Å²) in [7, 11) is -1.46. The zero-order chi connectivity index (χ0) is 11.6. The molecule has 0 spiro atoms. The third kappa shape index (κ3) is 1.96. The van der Waals surface area contributed by atoms with Crippen LogP contribution in [-0.4, -0.2) is 32.7 Å². The molecule has 0 saturated carbocycles. The molecule has 86 valence electrons. The first-order valence-corrected chi connectivity index (χ1v) is 6.74. The van der Waals surface area contributed by atoms with Crippen molar-refractivity contribution in [3.05, 3.63) is 30.5 Å². The van der Waals surface area contributed by atoms with Gasteiger partial charge in [0.1, 0.15) is 0 Å². The van der Waals surface area contributed by atoms with Crippen LogP contribution < -0.4 is 5.32 Å². The molecule has 2 N–H and O–H groups in total. The van der Waals surface area contributed by atoms with Crippen molar-refractivity contribution in [2.24, 2.45) is 0 Å². The molecule has 0 atom stereocenters. The number of hydrogen-bond donors (Lipinski definition) is 2. The smallest absolute Gasteiger partial charge is 0.181 e. The maximum Gasteiger partial charge on any atom is 0.181 e. The standard InChI is InChI=1S/C11H14N2O2S/c1-12-6-7-16(14,15)11-8-13-10-5-3-2-4-9(10)11/h2-5,8,12-13H,6-7H2,1H3. The summed E-state index contributed by atoms with van der Waals surface area (Å²) in [5, 5.41) is 3.61. The Labute approximate surface area is 94.6 Å². The van der Waals surface area contributed by atoms with E-state index in [1.165, 1.54) is 0 Å². The maximum absolute atomic E-state index is 12.0. The molecule has 1 aromatic heterocycles. The number of H-pyrrole nitrogens is 1. The fourth-order valence-corrected chi connectivity index (χ4v) is 3.09. The average Bonchev–Trinajstić information content (AvgIpc) is 2.71. The third-order valence-electron chi connectivity index (χ3n) is 2.51. The highest BCUT2D eigenvalue weighted by atomic mass is 32.2. The van der Waals surface area contributed by atoms with E-state index in [-0.39, 0.29) is 5.75 Å². The minimum absolute atomic E-state index is 0.116. The van der Waals surface area contributed by atoms with Crippen LogP contribution in [0, 0.1) is 0 Å². The van der Waals surface area contributed by atoms with E-state index in [4.69, 9.17) is 0 Å². The van der Waals surface area contributed by atoms with Gasteiger partial charge >= 0.3 is 0 Å². The molecule has 2 aromatic rings. The van der Waals surface area contributed by atoms with Crippen molar-refractivity contribution >= 4 is 20.7 Å². The monoisotopic (exact) mass is 238 g/mol. The Kier molecular flexibility index (Phi) is 2.98. The minimum Gasteiger partial charge on any atom is -0.360 e. The number of sulfone groups is 1. The van der Waals surface area contributed by atoms with Gasteiger partial charge in [-0.3, -0.25) is 0 Å². The Morgan fingerprint density at radius 1 is 1.31 bits per heavy atom. The van der Waals surface area contributed by atoms with E-state index in [0.717, 1.165) is 10.9 Å². The lowest BCUT2D eigenvalue weighted by Crippen LogP contribution is -2.19. The van der Waals surface area contributed by atoms with E-state index in [1.54, 1.807) is 13.2 Å². The van der Waals surface area contributed by atoms with Gasteiger partial charge in [-0.25, -0.2) is 8.42 Å². The second-order valence-electron chi connectivity index (χ2n) is 3.62. The first-order chi connectivity index (χ1) is 7.65. The number of rotatable bonds is 4. The Morgan fingerprint density at radius 2 is 2.06 bits per heavy atom. The predicted molar refractivity (Wildman–Crippen MR) is 64.3 cm³/mol. The van der Waals surface area contributed by atoms with Gasteiger partial charge in [-0.1, -0.05) is 18.2 Å². The van der Waals surface area contributed by atoms with Crippen LogP contribution in [0.3, 0.4) is 0 Å². The molecule has 16 heavy (non-hydrogen) atoms. The summed E-state index contributed by atoms with van der Waals surface area (Å²) in [5.41, 5.74) is 0.852. The summed E-state index contributed by atoms with van der Waals surface area (Å²) in [6.07, 6.45) is 1.57. The Hall–Kier alpha value is -1.33. The molecule has 0 aliphatic heterocycles. The van der Waals surface area contributed by atoms with Gasteiger partial charge in [0, 0.05) is 23.6 Å². The summed E-state index contributed by atoms with van der Waals surface area (Å²) in [5.74, 6) is 0.116. The molecule has 0 unspecified atom stereocenters. The Morgan fingerprint density at radius 3 is 2.81 bits per heavy atom. The number of hydrogen-bond acceptors (Lipinski definition) is 3. The fraction of sp³-hybridized carbons (Fsp3) is 0.273. The molecule has 0 saturated heterocycles. The van der Waals surface area contributed by atoms with Crippen LogP contribution in [0.1, 0.15) is 0 Å². The predicted octanol–water partition coefficient (Wildman–Crippen LogP) is 1.16. The highest BCUT2D eigenvalue weighted by Gasteiger charge is 2.17. The van der Waals surface area contributed by atoms with Gasteiger partial charge in [-0.05, 0) is 13.1 Å². The molecular formula is C11H14N2O2S. The quantitative estimate of drug-likeness (QED) is 0.840. The largest absolute Gasteiger partial charge is 0.360 e. The van der Waals surface area contributed by atoms with E-state index >= 15 is 0 Å². The number of para-hydroxylation sites is 1. The molecule has 0 aliphatic carbocycles. The second kappa shape index (κ2) is 4.27. The Balaban J connectivity index is 2.47. The SMILES string of the molecule is CNCCS(=O)(=O)c1c[nH]c2ccccc12. The number of fused-ring (bicyclic) bond motifs is 1. The molecule has 1 heterocycles. The number of aromatic nitrogens is 1. The lowest BCUT2D eigenvalue weighted by molar-refractivity contribution is 0.594. The zero-order valence-electron chi connectivity index (χ0n) is 9.03. The number of aromatic amines is 1. The van der Waals surface area contributed by atoms with Crippen LogP contribution in [0.5, 0.6) is 0 Å². The Bertz CT molecular complexity index is 587. The summed E-state index contributed by atoms with van der Waals surface area (Å²) < 4.78 is 24.0. The summed E-state index contributed by atoms with van der Waals surface area (Å²) in [6.45, 7) is 0.460. The van der Waals surface area contributed by atoms with Crippen LogP contribution in [0.4, 0.5) is 0 Å². The van der Waals surface area contributed by atoms with Crippen molar-refractivity contribution in [3.63, 3.8) is 0 Å². The van der Waals surface area contributed by atoms with Gasteiger partial charge in [0.15, 0.2) is 9.84 Å². The first-order valence-electron chi connectivity index (χ1n) is 5.08. The zero-order valence-corrected chi connectivity index (χ0v) is 9.84. The second-order valence-corrected chi connectivity index (χ2v) is 5.70. The van der Waals surface area contributed by atoms with Gasteiger partial charge in [0.05, 0.1) is 10.6 Å². The van der Waals surface area contributed by atoms with Crippen LogP contribution in [-0.2, 0) is 9.84 Å². The summed E-state index contributed by atoms with van der Waals surface area (Å²) >= 11 is 0. The lowest BCUT2D eigenvalue weighted by Gasteiger charge is -2.01. The van der Waals surface area contributed by atoms with Gasteiger partial charge < -0.3 is 10.3 Å². The molecule has 5 heteroatoms. The van der Waals surface area contributed by atoms with Crippen LogP contribution in [0.15, 0.2) is 35.4 Å². The number of nitrogens with one attached hydrogen (secondary N) is 2. The van der Waals surface area contributed by atoms with E-state index in [9.17, 15) is 8.42 Å². The van der Waals surface area contributed by atoms with E-state index in [1.807, 2.05) is 24.3 Å². The van der Waals surface area contributed by atoms with Gasteiger partial charge in [0.2, 0.25) is 0 Å². The third-order valence-corrected chi connectivity index (χ3v) is 4.26. The lowest BCUT2D eigenvalue weighted by atomic mass is 10.2. The van der Waals surface area contributed by atoms with Crippen LogP contribution in [0.2, 0.25) is 0 Å². The highest BCUT2D eigenvalue weighted by molar-refractivity contribution is 7.91. The van der Waals surface area contributed by atoms with Gasteiger partial charge in [-0.15, -0.1) is 0 Å². The van der Waals surface area contributed by atoms with Crippen LogP contribution >= 0.6 is 0 Å². The maximum atomic E-state index is 12.0. The minimum atomic E-state index is -3.20. The number of benzene rings is 1. The van der Waals surface area contributed by atoms with Crippen molar-refractivity contribution in [3.8, 4) is 0 Å². The topological polar surface area (TPSA) is 62.0 Å². The van der Waals surface area contributed by atoms with Crippen LogP contribution in [0.25, 0.3) is 10.9 Å². The molecule has 0 fully saturated rings. The van der Waals surface area contributed by atoms with Crippen molar-refractivity contribution < 1.29 is 8.42 Å². The van der Waals surface area contributed by atoms with Gasteiger partial charge in [-0.2, -0.15) is 0 Å². The average molecular weight is 238 g/mol. The van der Waals surface area contributed by atoms with Crippen molar-refractivity contribution in [1.29, 1.82) is 0 Å². The van der Waals surface area contributed by atoms with E-state index < -0.39 is 9.84 Å². The highest BCUT2D eigenvalue weighted by Crippen LogP contribution is 2.22. The fourth-order valence-electron chi connectivity index (χ4n) is 1.65. The molecule has 0 radical (unpaired) electrons. The van der Waals surface area contributed by atoms with Gasteiger partial charge in [0.25, 0.3) is 0 Å². The molecule has 0 amide bonds. The molecule has 2 rings (SSSR count). The normalized spacial score (nSPS) is 12.1. The molecule has 1 aromatic carbocycles. The van der Waals surface area contributed by atoms with E-state index in [2.05, 4.69) is 10.3 Å². The van der Waals surface area contributed by atoms with E-state index in [0.29, 0.717) is 11.4 Å². The molecular weight excluding hydrogens is 224 g/mol. The summed E-state index contributed by atoms with van der Waals surface area (Å²) in [4.78, 5) is 3.36. The summed E-state index contributed by atoms with van der Waals surface area (Å²) in [6, 6.07) is 7.40. The van der Waals surface area contributed by atoms with Crippen molar-refractivity contribution in [1.82, 2.24) is 10.3 Å². The molecule has 0 aliphatic rings. The van der Waals surface area contributed by atoms with Crippen molar-refractivity contribution in [2.75, 3.05) is 19.3 Å².